The fraction of sp³-hybridized carbons (Fsp3) is 0.125. The minimum atomic E-state index is -0.784. The van der Waals surface area contributed by atoms with Crippen molar-refractivity contribution in [1.29, 1.82) is 0 Å². The quantitative estimate of drug-likeness (QED) is 0.722. The molecule has 0 aliphatic heterocycles. The molecule has 0 aromatic heterocycles. The molecule has 1 aromatic carbocycles. The largest absolute Gasteiger partial charge is 0.387 e. The first-order valence-corrected chi connectivity index (χ1v) is 3.48. The van der Waals surface area contributed by atoms with E-state index in [0.717, 1.165) is 12.1 Å². The van der Waals surface area contributed by atoms with Gasteiger partial charge in [-0.1, -0.05) is 0 Å². The van der Waals surface area contributed by atoms with Crippen LogP contribution >= 0.6 is 0 Å². The fourth-order valence-corrected chi connectivity index (χ4v) is 0.827. The van der Waals surface area contributed by atoms with Crippen LogP contribution in [-0.2, 0) is 4.79 Å². The summed E-state index contributed by atoms with van der Waals surface area (Å²) in [6.45, 7) is -0.724. The molecule has 5 heteroatoms. The maximum Gasteiger partial charge on any atom is 0.250 e. The number of amides is 1. The molecule has 0 atom stereocenters. The third-order valence-electron chi connectivity index (χ3n) is 1.29. The Hall–Kier alpha value is -1.49. The van der Waals surface area contributed by atoms with Crippen molar-refractivity contribution in [3.8, 4) is 0 Å². The van der Waals surface area contributed by atoms with Crippen LogP contribution in [0.1, 0.15) is 0 Å². The Labute approximate surface area is 73.0 Å². The molecule has 13 heavy (non-hydrogen) atoms. The Morgan fingerprint density at radius 2 is 1.85 bits per heavy atom. The maximum atomic E-state index is 12.5. The van der Waals surface area contributed by atoms with Gasteiger partial charge in [0, 0.05) is 11.8 Å². The molecule has 0 heterocycles. The zero-order valence-corrected chi connectivity index (χ0v) is 6.55. The molecular weight excluding hydrogens is 180 g/mol. The van der Waals surface area contributed by atoms with E-state index < -0.39 is 24.1 Å². The van der Waals surface area contributed by atoms with Gasteiger partial charge < -0.3 is 10.4 Å². The van der Waals surface area contributed by atoms with E-state index in [9.17, 15) is 13.6 Å². The van der Waals surface area contributed by atoms with Gasteiger partial charge in [-0.25, -0.2) is 8.78 Å². The molecule has 1 amide bonds. The summed E-state index contributed by atoms with van der Waals surface area (Å²) in [6, 6.07) is 2.60. The lowest BCUT2D eigenvalue weighted by Gasteiger charge is -2.02. The molecule has 0 spiro atoms. The van der Waals surface area contributed by atoms with Crippen LogP contribution in [0.3, 0.4) is 0 Å². The van der Waals surface area contributed by atoms with Gasteiger partial charge in [-0.15, -0.1) is 0 Å². The van der Waals surface area contributed by atoms with Crippen molar-refractivity contribution in [3.05, 3.63) is 29.8 Å². The van der Waals surface area contributed by atoms with Crippen LogP contribution < -0.4 is 5.32 Å². The molecule has 0 unspecified atom stereocenters. The van der Waals surface area contributed by atoms with Crippen molar-refractivity contribution in [2.75, 3.05) is 11.9 Å². The van der Waals surface area contributed by atoms with E-state index >= 15 is 0 Å². The number of halogens is 2. The Balaban J connectivity index is 2.83. The predicted molar refractivity (Wildman–Crippen MR) is 42.1 cm³/mol. The lowest BCUT2D eigenvalue weighted by atomic mass is 10.3. The summed E-state index contributed by atoms with van der Waals surface area (Å²) in [5.74, 6) is -2.29. The van der Waals surface area contributed by atoms with Gasteiger partial charge in [-0.3, -0.25) is 4.79 Å². The van der Waals surface area contributed by atoms with E-state index in [1.807, 2.05) is 0 Å². The van der Waals surface area contributed by atoms with Gasteiger partial charge in [-0.2, -0.15) is 0 Å². The number of benzene rings is 1. The van der Waals surface area contributed by atoms with Crippen molar-refractivity contribution < 1.29 is 18.7 Å². The van der Waals surface area contributed by atoms with Crippen molar-refractivity contribution in [1.82, 2.24) is 0 Å². The van der Waals surface area contributed by atoms with Gasteiger partial charge in [0.15, 0.2) is 0 Å². The number of rotatable bonds is 2. The SMILES string of the molecule is O=C(CO)Nc1cc(F)cc(F)c1. The van der Waals surface area contributed by atoms with E-state index in [4.69, 9.17) is 5.11 Å². The van der Waals surface area contributed by atoms with Crippen LogP contribution in [0.25, 0.3) is 0 Å². The second-order valence-corrected chi connectivity index (χ2v) is 2.36. The standard InChI is InChI=1S/C8H7F2NO2/c9-5-1-6(10)3-7(2-5)11-8(13)4-12/h1-3,12H,4H2,(H,11,13). The molecule has 0 aliphatic rings. The highest BCUT2D eigenvalue weighted by Gasteiger charge is 2.03. The zero-order valence-electron chi connectivity index (χ0n) is 6.55. The first-order valence-electron chi connectivity index (χ1n) is 3.48. The van der Waals surface area contributed by atoms with Gasteiger partial charge in [0.1, 0.15) is 18.2 Å². The van der Waals surface area contributed by atoms with Crippen LogP contribution in [0.2, 0.25) is 0 Å². The van der Waals surface area contributed by atoms with Crippen LogP contribution in [-0.4, -0.2) is 17.6 Å². The molecule has 1 aromatic rings. The Morgan fingerprint density at radius 1 is 1.31 bits per heavy atom. The molecule has 0 saturated carbocycles. The summed E-state index contributed by atoms with van der Waals surface area (Å²) in [7, 11) is 0. The number of hydrogen-bond acceptors (Lipinski definition) is 2. The summed E-state index contributed by atoms with van der Waals surface area (Å²) in [5, 5.41) is 10.4. The van der Waals surface area contributed by atoms with E-state index in [1.165, 1.54) is 0 Å². The summed E-state index contributed by atoms with van der Waals surface area (Å²) in [5.41, 5.74) is -0.0171. The molecular formula is C8H7F2NO2. The lowest BCUT2D eigenvalue weighted by Crippen LogP contribution is -2.15. The molecule has 0 aliphatic carbocycles. The Kier molecular flexibility index (Phi) is 2.92. The zero-order chi connectivity index (χ0) is 9.84. The third-order valence-corrected chi connectivity index (χ3v) is 1.29. The first kappa shape index (κ1) is 9.60. The van der Waals surface area contributed by atoms with E-state index in [1.54, 1.807) is 0 Å². The summed E-state index contributed by atoms with van der Waals surface area (Å²) in [6.07, 6.45) is 0. The van der Waals surface area contributed by atoms with E-state index in [-0.39, 0.29) is 5.69 Å². The highest BCUT2D eigenvalue weighted by Crippen LogP contribution is 2.12. The summed E-state index contributed by atoms with van der Waals surface area (Å²) in [4.78, 5) is 10.6. The molecule has 0 radical (unpaired) electrons. The molecule has 1 rings (SSSR count). The topological polar surface area (TPSA) is 49.3 Å². The van der Waals surface area contributed by atoms with Crippen LogP contribution in [0, 0.1) is 11.6 Å². The second-order valence-electron chi connectivity index (χ2n) is 2.36. The van der Waals surface area contributed by atoms with Crippen molar-refractivity contribution >= 4 is 11.6 Å². The number of aliphatic hydroxyl groups excluding tert-OH is 1. The normalized spacial score (nSPS) is 9.77. The fourth-order valence-electron chi connectivity index (χ4n) is 0.827. The molecule has 0 bridgehead atoms. The van der Waals surface area contributed by atoms with Gasteiger partial charge >= 0.3 is 0 Å². The predicted octanol–water partition coefficient (Wildman–Crippen LogP) is 0.896. The number of hydrogen-bond donors (Lipinski definition) is 2. The number of aliphatic hydroxyl groups is 1. The van der Waals surface area contributed by atoms with Gasteiger partial charge in [-0.05, 0) is 12.1 Å². The molecule has 2 N–H and O–H groups in total. The van der Waals surface area contributed by atoms with Crippen LogP contribution in [0.4, 0.5) is 14.5 Å². The summed E-state index contributed by atoms with van der Waals surface area (Å²) >= 11 is 0. The lowest BCUT2D eigenvalue weighted by molar-refractivity contribution is -0.118. The van der Waals surface area contributed by atoms with Gasteiger partial charge in [0.2, 0.25) is 5.91 Å². The highest BCUT2D eigenvalue weighted by atomic mass is 19.1. The van der Waals surface area contributed by atoms with Crippen molar-refractivity contribution in [2.24, 2.45) is 0 Å². The summed E-state index contributed by atoms with van der Waals surface area (Å²) < 4.78 is 25.1. The van der Waals surface area contributed by atoms with E-state index in [0.29, 0.717) is 6.07 Å². The second kappa shape index (κ2) is 3.95. The van der Waals surface area contributed by atoms with E-state index in [2.05, 4.69) is 5.32 Å². The molecule has 0 fully saturated rings. The van der Waals surface area contributed by atoms with Crippen LogP contribution in [0.5, 0.6) is 0 Å². The third kappa shape index (κ3) is 2.79. The number of carbonyl (C=O) groups is 1. The Bertz CT molecular complexity index is 308. The molecule has 3 nitrogen and oxygen atoms in total. The average Bonchev–Trinajstić information content (AvgIpc) is 2.02. The molecule has 0 saturated heterocycles. The minimum absolute atomic E-state index is 0.0171. The van der Waals surface area contributed by atoms with Crippen molar-refractivity contribution in [3.63, 3.8) is 0 Å². The maximum absolute atomic E-state index is 12.5. The van der Waals surface area contributed by atoms with Gasteiger partial charge in [0.25, 0.3) is 0 Å². The average molecular weight is 187 g/mol. The molecule has 70 valence electrons. The number of carbonyl (C=O) groups excluding carboxylic acids is 1. The number of nitrogens with one attached hydrogen (secondary N) is 1. The van der Waals surface area contributed by atoms with Crippen molar-refractivity contribution in [2.45, 2.75) is 0 Å². The highest BCUT2D eigenvalue weighted by molar-refractivity contribution is 5.91. The smallest absolute Gasteiger partial charge is 0.250 e. The minimum Gasteiger partial charge on any atom is -0.387 e. The van der Waals surface area contributed by atoms with Crippen LogP contribution in [0.15, 0.2) is 18.2 Å². The number of anilines is 1. The van der Waals surface area contributed by atoms with Gasteiger partial charge in [0.05, 0.1) is 0 Å². The first-order chi connectivity index (χ1) is 6.11. The monoisotopic (exact) mass is 187 g/mol. The Morgan fingerprint density at radius 3 is 2.31 bits per heavy atom.